The molecule has 0 spiro atoms. The number of nitrogens with one attached hydrogen (secondary N) is 2. The molecule has 4 aromatic carbocycles. The maximum Gasteiger partial charge on any atom is 0.119 e. The van der Waals surface area contributed by atoms with Crippen LogP contribution in [0.3, 0.4) is 0 Å². The van der Waals surface area contributed by atoms with E-state index < -0.39 is 0 Å². The number of phenolic OH excluding ortho intramolecular Hbond substituents is 2. The Morgan fingerprint density at radius 1 is 0.556 bits per heavy atom. The first kappa shape index (κ1) is 27.0. The van der Waals surface area contributed by atoms with Crippen molar-refractivity contribution in [2.24, 2.45) is 0 Å². The summed E-state index contributed by atoms with van der Waals surface area (Å²) in [7, 11) is 0. The number of hydrogen-bond acceptors (Lipinski definition) is 4. The van der Waals surface area contributed by atoms with Gasteiger partial charge in [-0.25, -0.2) is 0 Å². The van der Waals surface area contributed by atoms with E-state index in [4.69, 9.17) is 0 Å². The van der Waals surface area contributed by atoms with Crippen LogP contribution in [0, 0.1) is 0 Å². The van der Waals surface area contributed by atoms with Crippen LogP contribution in [0.2, 0.25) is 0 Å². The lowest BCUT2D eigenvalue weighted by atomic mass is 9.78. The van der Waals surface area contributed by atoms with E-state index in [1.165, 1.54) is 22.3 Å². The highest BCUT2D eigenvalue weighted by molar-refractivity contribution is 5.85. The first-order valence-corrected chi connectivity index (χ1v) is 15.3. The normalized spacial score (nSPS) is 17.2. The van der Waals surface area contributed by atoms with Crippen molar-refractivity contribution in [3.05, 3.63) is 165 Å². The van der Waals surface area contributed by atoms with E-state index >= 15 is 0 Å². The average molecular weight is 589 g/mol. The Balaban J connectivity index is 1.11. The lowest BCUT2D eigenvalue weighted by molar-refractivity contribution is 0.464. The monoisotopic (exact) mass is 588 g/mol. The minimum atomic E-state index is -0.0285. The maximum atomic E-state index is 11.1. The highest BCUT2D eigenvalue weighted by Gasteiger charge is 2.29. The van der Waals surface area contributed by atoms with Crippen LogP contribution in [0.4, 0.5) is 0 Å². The van der Waals surface area contributed by atoms with Gasteiger partial charge in [0.15, 0.2) is 0 Å². The summed E-state index contributed by atoms with van der Waals surface area (Å²) in [5, 5.41) is 37.2. The van der Waals surface area contributed by atoms with E-state index in [0.29, 0.717) is 6.42 Å². The molecule has 6 heteroatoms. The molecule has 8 rings (SSSR count). The molecule has 0 radical (unpaired) electrons. The Hall–Kier alpha value is -5.62. The first-order valence-electron chi connectivity index (χ1n) is 15.3. The maximum absolute atomic E-state index is 11.1. The molecule has 0 saturated heterocycles. The molecule has 2 aromatic heterocycles. The molecule has 0 bridgehead atoms. The van der Waals surface area contributed by atoms with E-state index in [1.54, 1.807) is 0 Å². The van der Waals surface area contributed by atoms with Gasteiger partial charge in [0.2, 0.25) is 0 Å². The summed E-state index contributed by atoms with van der Waals surface area (Å²) in [5.74, 6) is 0.511. The number of hydrogen-bond donors (Lipinski definition) is 4. The molecule has 4 N–H and O–H groups in total. The Kier molecular flexibility index (Phi) is 6.68. The topological polar surface area (TPSA) is 97.8 Å². The summed E-state index contributed by atoms with van der Waals surface area (Å²) in [6, 6.07) is 32.6. The number of fused-ring (bicyclic) bond motifs is 2. The van der Waals surface area contributed by atoms with E-state index in [-0.39, 0.29) is 23.3 Å². The van der Waals surface area contributed by atoms with Gasteiger partial charge in [-0.05, 0) is 76.9 Å². The Bertz CT molecular complexity index is 1920. The lowest BCUT2D eigenvalue weighted by Crippen LogP contribution is -2.09. The SMILES string of the molecule is Oc1ccc(Cc2ccc(O)c(C3CC(c4ccccc4)=Cc4[nH]ncc43)c2)cc1C1CC(c2ccccc2)=Cc2[nH]ncc21. The predicted molar refractivity (Wildman–Crippen MR) is 178 cm³/mol. The molecule has 0 aliphatic heterocycles. The van der Waals surface area contributed by atoms with Gasteiger partial charge >= 0.3 is 0 Å². The quantitative estimate of drug-likeness (QED) is 0.157. The van der Waals surface area contributed by atoms with Crippen molar-refractivity contribution >= 4 is 23.3 Å². The van der Waals surface area contributed by atoms with Crippen molar-refractivity contribution in [2.75, 3.05) is 0 Å². The highest BCUT2D eigenvalue weighted by Crippen LogP contribution is 2.46. The third-order valence-electron chi connectivity index (χ3n) is 9.27. The van der Waals surface area contributed by atoms with E-state index in [1.807, 2.05) is 48.8 Å². The Morgan fingerprint density at radius 2 is 1.00 bits per heavy atom. The van der Waals surface area contributed by atoms with Crippen LogP contribution in [0.25, 0.3) is 23.3 Å². The molecule has 2 atom stereocenters. The number of H-pyrrole nitrogens is 2. The predicted octanol–water partition coefficient (Wildman–Crippen LogP) is 8.29. The molecule has 6 nitrogen and oxygen atoms in total. The van der Waals surface area contributed by atoms with Crippen LogP contribution in [-0.4, -0.2) is 30.6 Å². The summed E-state index contributed by atoms with van der Waals surface area (Å²) in [6.07, 6.45) is 10.3. The van der Waals surface area contributed by atoms with Gasteiger partial charge in [-0.15, -0.1) is 0 Å². The lowest BCUT2D eigenvalue weighted by Gasteiger charge is -2.25. The number of rotatable bonds is 6. The summed E-state index contributed by atoms with van der Waals surface area (Å²) in [5.41, 5.74) is 12.9. The van der Waals surface area contributed by atoms with Crippen molar-refractivity contribution in [1.29, 1.82) is 0 Å². The van der Waals surface area contributed by atoms with Gasteiger partial charge in [-0.3, -0.25) is 10.2 Å². The van der Waals surface area contributed by atoms with Gasteiger partial charge in [0, 0.05) is 34.1 Å². The molecule has 220 valence electrons. The first-order chi connectivity index (χ1) is 22.1. The standard InChI is InChI=1S/C39H32N4O2/c44-38-13-11-24(16-32(38)30-18-28(26-7-3-1-4-8-26)20-36-34(30)22-40-42-36)15-25-12-14-39(45)33(17-25)31-19-29(27-9-5-2-6-10-27)21-37-35(31)23-41-43-37/h1-14,16-17,20-23,30-31,44-45H,15,18-19H2,(H,40,42)(H,41,43). The molecule has 6 aromatic rings. The second-order valence-corrected chi connectivity index (χ2v) is 12.0. The average Bonchev–Trinajstić information content (AvgIpc) is 3.77. The zero-order valence-electron chi connectivity index (χ0n) is 24.6. The minimum Gasteiger partial charge on any atom is -0.508 e. The summed E-state index contributed by atoms with van der Waals surface area (Å²) in [4.78, 5) is 0. The third-order valence-corrected chi connectivity index (χ3v) is 9.27. The van der Waals surface area contributed by atoms with Crippen LogP contribution < -0.4 is 0 Å². The van der Waals surface area contributed by atoms with Crippen LogP contribution in [0.5, 0.6) is 11.5 Å². The number of nitrogens with zero attached hydrogens (tertiary/aromatic N) is 2. The third kappa shape index (κ3) is 5.04. The fourth-order valence-corrected chi connectivity index (χ4v) is 7.01. The van der Waals surface area contributed by atoms with Gasteiger partial charge in [0.25, 0.3) is 0 Å². The van der Waals surface area contributed by atoms with Crippen LogP contribution in [0.15, 0.2) is 109 Å². The van der Waals surface area contributed by atoms with Crippen molar-refractivity contribution in [2.45, 2.75) is 31.1 Å². The fourth-order valence-electron chi connectivity index (χ4n) is 7.01. The number of benzene rings is 4. The number of aromatic hydroxyl groups is 2. The van der Waals surface area contributed by atoms with Crippen molar-refractivity contribution in [3.63, 3.8) is 0 Å². The van der Waals surface area contributed by atoms with Crippen LogP contribution in [-0.2, 0) is 6.42 Å². The zero-order valence-corrected chi connectivity index (χ0v) is 24.6. The second-order valence-electron chi connectivity index (χ2n) is 12.0. The second kappa shape index (κ2) is 11.1. The van der Waals surface area contributed by atoms with E-state index in [0.717, 1.165) is 57.6 Å². The van der Waals surface area contributed by atoms with Gasteiger partial charge in [-0.2, -0.15) is 10.2 Å². The number of aromatic nitrogens is 4. The van der Waals surface area contributed by atoms with Gasteiger partial charge in [0.05, 0.1) is 23.8 Å². The highest BCUT2D eigenvalue weighted by atomic mass is 16.3. The summed E-state index contributed by atoms with van der Waals surface area (Å²) >= 11 is 0. The van der Waals surface area contributed by atoms with Crippen molar-refractivity contribution in [3.8, 4) is 11.5 Å². The van der Waals surface area contributed by atoms with Crippen molar-refractivity contribution < 1.29 is 10.2 Å². The molecule has 2 heterocycles. The molecule has 45 heavy (non-hydrogen) atoms. The molecule has 0 amide bonds. The fraction of sp³-hybridized carbons (Fsp3) is 0.128. The van der Waals surface area contributed by atoms with Crippen LogP contribution in [0.1, 0.15) is 80.6 Å². The number of phenols is 2. The molecule has 2 unspecified atom stereocenters. The minimum absolute atomic E-state index is 0.0285. The molecule has 0 saturated carbocycles. The molecular weight excluding hydrogens is 556 g/mol. The Labute approximate surface area is 261 Å². The summed E-state index contributed by atoms with van der Waals surface area (Å²) < 4.78 is 0. The molecule has 0 fully saturated rings. The molecule has 2 aliphatic carbocycles. The summed E-state index contributed by atoms with van der Waals surface area (Å²) in [6.45, 7) is 0. The number of allylic oxidation sites excluding steroid dienone is 2. The van der Waals surface area contributed by atoms with E-state index in [9.17, 15) is 10.2 Å². The van der Waals surface area contributed by atoms with Crippen molar-refractivity contribution in [1.82, 2.24) is 20.4 Å². The van der Waals surface area contributed by atoms with E-state index in [2.05, 4.69) is 93.2 Å². The zero-order chi connectivity index (χ0) is 30.3. The number of aromatic amines is 2. The molecule has 2 aliphatic rings. The van der Waals surface area contributed by atoms with Gasteiger partial charge < -0.3 is 10.2 Å². The smallest absolute Gasteiger partial charge is 0.119 e. The van der Waals surface area contributed by atoms with Crippen LogP contribution >= 0.6 is 0 Å². The van der Waals surface area contributed by atoms with Gasteiger partial charge in [-0.1, -0.05) is 84.9 Å². The van der Waals surface area contributed by atoms with Gasteiger partial charge in [0.1, 0.15) is 11.5 Å². The largest absolute Gasteiger partial charge is 0.508 e. The molecular formula is C39H32N4O2. The Morgan fingerprint density at radius 3 is 1.44 bits per heavy atom.